The Balaban J connectivity index is 2.16. The van der Waals surface area contributed by atoms with Crippen molar-refractivity contribution < 1.29 is 5.11 Å². The Bertz CT molecular complexity index is 419. The monoisotopic (exact) mass is 248 g/mol. The third-order valence-corrected chi connectivity index (χ3v) is 4.18. The number of benzene rings is 1. The Labute approximate surface area is 110 Å². The molecular weight excluding hydrogens is 224 g/mol. The van der Waals surface area contributed by atoms with Gasteiger partial charge in [-0.2, -0.15) is 0 Å². The molecule has 1 saturated heterocycles. The highest BCUT2D eigenvalue weighted by Crippen LogP contribution is 2.31. The summed E-state index contributed by atoms with van der Waals surface area (Å²) in [5.74, 6) is 0.920. The lowest BCUT2D eigenvalue weighted by Crippen LogP contribution is -2.46. The summed E-state index contributed by atoms with van der Waals surface area (Å²) in [5, 5.41) is 10.0. The van der Waals surface area contributed by atoms with Crippen molar-refractivity contribution in [3.05, 3.63) is 29.3 Å². The lowest BCUT2D eigenvalue weighted by atomic mass is 9.92. The van der Waals surface area contributed by atoms with Crippen LogP contribution in [-0.2, 0) is 0 Å². The maximum atomic E-state index is 10.0. The summed E-state index contributed by atoms with van der Waals surface area (Å²) in [6.07, 6.45) is 1.04. The highest BCUT2D eigenvalue weighted by atomic mass is 16.3. The number of phenols is 1. The van der Waals surface area contributed by atoms with Gasteiger partial charge in [0.1, 0.15) is 5.75 Å². The van der Waals surface area contributed by atoms with Crippen molar-refractivity contribution >= 4 is 0 Å². The topological polar surface area (TPSA) is 49.5 Å². The SMILES string of the molecule is Cc1ccc(O)c(C(C)N2CCC(N)C(C)C2)c1. The number of likely N-dealkylation sites (tertiary alicyclic amines) is 1. The fourth-order valence-electron chi connectivity index (χ4n) is 2.75. The van der Waals surface area contributed by atoms with Crippen LogP contribution in [0, 0.1) is 12.8 Å². The molecule has 3 N–H and O–H groups in total. The molecule has 0 aliphatic carbocycles. The third-order valence-electron chi connectivity index (χ3n) is 4.18. The Kier molecular flexibility index (Phi) is 3.93. The number of aryl methyl sites for hydroxylation is 1. The summed E-state index contributed by atoms with van der Waals surface area (Å²) >= 11 is 0. The Hall–Kier alpha value is -1.06. The number of hydrogen-bond acceptors (Lipinski definition) is 3. The smallest absolute Gasteiger partial charge is 0.120 e. The van der Waals surface area contributed by atoms with Crippen LogP contribution >= 0.6 is 0 Å². The lowest BCUT2D eigenvalue weighted by molar-refractivity contribution is 0.122. The van der Waals surface area contributed by atoms with Gasteiger partial charge >= 0.3 is 0 Å². The van der Waals surface area contributed by atoms with Crippen LogP contribution in [0.25, 0.3) is 0 Å². The number of phenolic OH excluding ortho intramolecular Hbond substituents is 1. The molecule has 18 heavy (non-hydrogen) atoms. The van der Waals surface area contributed by atoms with E-state index >= 15 is 0 Å². The molecule has 1 heterocycles. The van der Waals surface area contributed by atoms with Gasteiger partial charge in [0.2, 0.25) is 0 Å². The van der Waals surface area contributed by atoms with Gasteiger partial charge in [-0.3, -0.25) is 4.90 Å². The summed E-state index contributed by atoms with van der Waals surface area (Å²) < 4.78 is 0. The van der Waals surface area contributed by atoms with Gasteiger partial charge in [0.15, 0.2) is 0 Å². The van der Waals surface area contributed by atoms with Crippen molar-refractivity contribution in [1.82, 2.24) is 4.90 Å². The molecule has 0 saturated carbocycles. The molecule has 2 rings (SSSR count). The van der Waals surface area contributed by atoms with E-state index in [2.05, 4.69) is 31.7 Å². The first-order valence-corrected chi connectivity index (χ1v) is 6.78. The van der Waals surface area contributed by atoms with E-state index in [0.717, 1.165) is 25.1 Å². The first kappa shape index (κ1) is 13.4. The van der Waals surface area contributed by atoms with Crippen LogP contribution in [0.1, 0.15) is 37.4 Å². The van der Waals surface area contributed by atoms with Gasteiger partial charge in [-0.25, -0.2) is 0 Å². The molecule has 3 heteroatoms. The Morgan fingerprint density at radius 2 is 2.17 bits per heavy atom. The summed E-state index contributed by atoms with van der Waals surface area (Å²) in [4.78, 5) is 2.42. The second kappa shape index (κ2) is 5.29. The summed E-state index contributed by atoms with van der Waals surface area (Å²) in [6.45, 7) is 8.46. The van der Waals surface area contributed by atoms with Crippen LogP contribution in [0.2, 0.25) is 0 Å². The van der Waals surface area contributed by atoms with Crippen molar-refractivity contribution in [1.29, 1.82) is 0 Å². The van der Waals surface area contributed by atoms with Crippen LogP contribution in [-0.4, -0.2) is 29.1 Å². The first-order valence-electron chi connectivity index (χ1n) is 6.78. The number of aromatic hydroxyl groups is 1. The van der Waals surface area contributed by atoms with E-state index < -0.39 is 0 Å². The molecule has 0 aromatic heterocycles. The molecule has 0 amide bonds. The van der Waals surface area contributed by atoms with Crippen LogP contribution < -0.4 is 5.73 Å². The molecule has 0 radical (unpaired) electrons. The molecule has 0 spiro atoms. The largest absolute Gasteiger partial charge is 0.508 e. The van der Waals surface area contributed by atoms with Gasteiger partial charge in [-0.1, -0.05) is 24.6 Å². The predicted octanol–water partition coefficient (Wildman–Crippen LogP) is 2.43. The van der Waals surface area contributed by atoms with Crippen molar-refractivity contribution in [3.8, 4) is 5.75 Å². The molecule has 1 aliphatic heterocycles. The zero-order valence-electron chi connectivity index (χ0n) is 11.6. The number of piperidine rings is 1. The maximum Gasteiger partial charge on any atom is 0.120 e. The minimum Gasteiger partial charge on any atom is -0.508 e. The molecule has 0 bridgehead atoms. The highest BCUT2D eigenvalue weighted by Gasteiger charge is 2.27. The second-order valence-electron chi connectivity index (χ2n) is 5.66. The standard InChI is InChI=1S/C15H24N2O/c1-10-4-5-15(18)13(8-10)12(3)17-7-6-14(16)11(2)9-17/h4-5,8,11-12,14,18H,6-7,9,16H2,1-3H3. The second-order valence-corrected chi connectivity index (χ2v) is 5.66. The van der Waals surface area contributed by atoms with Gasteiger partial charge in [-0.05, 0) is 32.3 Å². The van der Waals surface area contributed by atoms with E-state index in [1.165, 1.54) is 5.56 Å². The van der Waals surface area contributed by atoms with E-state index in [4.69, 9.17) is 5.73 Å². The molecule has 3 unspecified atom stereocenters. The van der Waals surface area contributed by atoms with Gasteiger partial charge in [0.05, 0.1) is 0 Å². The van der Waals surface area contributed by atoms with Gasteiger partial charge in [-0.15, -0.1) is 0 Å². The van der Waals surface area contributed by atoms with Crippen LogP contribution in [0.3, 0.4) is 0 Å². The molecule has 1 aromatic carbocycles. The van der Waals surface area contributed by atoms with Crippen LogP contribution in [0.15, 0.2) is 18.2 Å². The molecule has 100 valence electrons. The Morgan fingerprint density at radius 3 is 2.83 bits per heavy atom. The quantitative estimate of drug-likeness (QED) is 0.845. The molecule has 3 nitrogen and oxygen atoms in total. The average molecular weight is 248 g/mol. The van der Waals surface area contributed by atoms with E-state index in [1.54, 1.807) is 6.07 Å². The summed E-state index contributed by atoms with van der Waals surface area (Å²) in [7, 11) is 0. The maximum absolute atomic E-state index is 10.0. The number of nitrogens with two attached hydrogens (primary N) is 1. The molecular formula is C15H24N2O. The van der Waals surface area contributed by atoms with E-state index in [1.807, 2.05) is 6.07 Å². The fourth-order valence-corrected chi connectivity index (χ4v) is 2.75. The normalized spacial score (nSPS) is 27.1. The van der Waals surface area contributed by atoms with Crippen LogP contribution in [0.5, 0.6) is 5.75 Å². The van der Waals surface area contributed by atoms with Gasteiger partial charge in [0.25, 0.3) is 0 Å². The molecule has 1 fully saturated rings. The zero-order valence-corrected chi connectivity index (χ0v) is 11.6. The van der Waals surface area contributed by atoms with Gasteiger partial charge < -0.3 is 10.8 Å². The van der Waals surface area contributed by atoms with Crippen molar-refractivity contribution in [3.63, 3.8) is 0 Å². The minimum atomic E-state index is 0.250. The molecule has 1 aliphatic rings. The average Bonchev–Trinajstić information content (AvgIpc) is 2.35. The molecule has 3 atom stereocenters. The fraction of sp³-hybridized carbons (Fsp3) is 0.600. The predicted molar refractivity (Wildman–Crippen MR) is 74.6 cm³/mol. The van der Waals surface area contributed by atoms with Crippen molar-refractivity contribution in [2.45, 2.75) is 39.3 Å². The van der Waals surface area contributed by atoms with Gasteiger partial charge in [0, 0.05) is 30.7 Å². The van der Waals surface area contributed by atoms with E-state index in [-0.39, 0.29) is 6.04 Å². The highest BCUT2D eigenvalue weighted by molar-refractivity contribution is 5.37. The number of hydrogen-bond donors (Lipinski definition) is 2. The first-order chi connectivity index (χ1) is 8.49. The Morgan fingerprint density at radius 1 is 1.44 bits per heavy atom. The number of rotatable bonds is 2. The van der Waals surface area contributed by atoms with Crippen LogP contribution in [0.4, 0.5) is 0 Å². The summed E-state index contributed by atoms with van der Waals surface area (Å²) in [6, 6.07) is 6.39. The number of nitrogens with zero attached hydrogens (tertiary/aromatic N) is 1. The third kappa shape index (κ3) is 2.68. The lowest BCUT2D eigenvalue weighted by Gasteiger charge is -2.39. The summed E-state index contributed by atoms with van der Waals surface area (Å²) in [5.41, 5.74) is 8.27. The minimum absolute atomic E-state index is 0.250. The van der Waals surface area contributed by atoms with Crippen molar-refractivity contribution in [2.24, 2.45) is 11.7 Å². The van der Waals surface area contributed by atoms with E-state index in [9.17, 15) is 5.11 Å². The molecule has 1 aromatic rings. The van der Waals surface area contributed by atoms with Crippen molar-refractivity contribution in [2.75, 3.05) is 13.1 Å². The zero-order chi connectivity index (χ0) is 13.3. The van der Waals surface area contributed by atoms with E-state index in [0.29, 0.717) is 17.7 Å².